The van der Waals surface area contributed by atoms with E-state index in [1.54, 1.807) is 42.5 Å². The van der Waals surface area contributed by atoms with E-state index in [2.05, 4.69) is 15.5 Å². The van der Waals surface area contributed by atoms with Gasteiger partial charge in [0.2, 0.25) is 15.2 Å². The maximum Gasteiger partial charge on any atom is 0.257 e. The summed E-state index contributed by atoms with van der Waals surface area (Å²) in [5, 5.41) is 12.7. The number of amides is 1. The number of hydrogen-bond acceptors (Lipinski definition) is 6. The molecule has 11 heteroatoms. The fourth-order valence-electron chi connectivity index (χ4n) is 3.26. The molecule has 35 heavy (non-hydrogen) atoms. The highest BCUT2D eigenvalue weighted by Gasteiger charge is 2.21. The van der Waals surface area contributed by atoms with Crippen molar-refractivity contribution in [3.8, 4) is 10.6 Å². The van der Waals surface area contributed by atoms with Crippen LogP contribution < -0.4 is 9.62 Å². The highest BCUT2D eigenvalue weighted by molar-refractivity contribution is 7.92. The van der Waals surface area contributed by atoms with Crippen LogP contribution in [0.2, 0.25) is 10.0 Å². The highest BCUT2D eigenvalue weighted by atomic mass is 35.5. The second-order valence-corrected chi connectivity index (χ2v) is 11.4. The van der Waals surface area contributed by atoms with Crippen LogP contribution in [0, 0.1) is 6.92 Å². The van der Waals surface area contributed by atoms with E-state index in [0.717, 1.165) is 17.4 Å². The molecule has 3 aromatic carbocycles. The number of nitrogens with zero attached hydrogens (tertiary/aromatic N) is 3. The molecular formula is C24H20Cl2N4O3S2. The van der Waals surface area contributed by atoms with Gasteiger partial charge in [-0.3, -0.25) is 14.4 Å². The minimum Gasteiger partial charge on any atom is -0.296 e. The van der Waals surface area contributed by atoms with Crippen molar-refractivity contribution in [1.82, 2.24) is 10.2 Å². The average Bonchev–Trinajstić information content (AvgIpc) is 3.27. The molecular weight excluding hydrogens is 527 g/mol. The molecule has 180 valence electrons. The van der Waals surface area contributed by atoms with Crippen LogP contribution in [0.15, 0.2) is 66.7 Å². The molecule has 1 N–H and O–H groups in total. The van der Waals surface area contributed by atoms with Crippen molar-refractivity contribution in [2.45, 2.75) is 13.5 Å². The molecule has 0 aliphatic carbocycles. The van der Waals surface area contributed by atoms with E-state index in [1.165, 1.54) is 15.6 Å². The molecule has 0 spiro atoms. The number of aryl methyl sites for hydroxylation is 1. The minimum atomic E-state index is -3.66. The summed E-state index contributed by atoms with van der Waals surface area (Å²) in [6.07, 6.45) is 1.10. The zero-order valence-corrected chi connectivity index (χ0v) is 21.8. The van der Waals surface area contributed by atoms with Crippen LogP contribution in [-0.2, 0) is 16.6 Å². The van der Waals surface area contributed by atoms with Gasteiger partial charge in [-0.05, 0) is 43.3 Å². The van der Waals surface area contributed by atoms with Gasteiger partial charge < -0.3 is 0 Å². The Hall–Kier alpha value is -2.98. The molecule has 0 fully saturated rings. The van der Waals surface area contributed by atoms with Crippen molar-refractivity contribution < 1.29 is 13.2 Å². The van der Waals surface area contributed by atoms with E-state index in [4.69, 9.17) is 23.2 Å². The molecule has 0 saturated carbocycles. The summed E-state index contributed by atoms with van der Waals surface area (Å²) in [6.45, 7) is 1.96. The Labute approximate surface area is 217 Å². The summed E-state index contributed by atoms with van der Waals surface area (Å²) in [5.41, 5.74) is 3.25. The third-order valence-corrected chi connectivity index (χ3v) is 7.86. The molecule has 1 heterocycles. The molecule has 0 unspecified atom stereocenters. The lowest BCUT2D eigenvalue weighted by molar-refractivity contribution is 0.102. The maximum atomic E-state index is 12.7. The van der Waals surface area contributed by atoms with Gasteiger partial charge in [-0.15, -0.1) is 10.2 Å². The highest BCUT2D eigenvalue weighted by Crippen LogP contribution is 2.30. The Morgan fingerprint density at radius 2 is 1.60 bits per heavy atom. The predicted octanol–water partition coefficient (Wildman–Crippen LogP) is 6.04. The van der Waals surface area contributed by atoms with Crippen molar-refractivity contribution in [2.24, 2.45) is 0 Å². The SMILES string of the molecule is Cc1ccc(-c2nnc(NC(=O)c3ccc(N(Cc4c(Cl)cccc4Cl)S(C)(=O)=O)cc3)s2)cc1. The van der Waals surface area contributed by atoms with Crippen LogP contribution in [0.3, 0.4) is 0 Å². The molecule has 4 rings (SSSR count). The Kier molecular flexibility index (Phi) is 7.42. The summed E-state index contributed by atoms with van der Waals surface area (Å²) < 4.78 is 26.2. The van der Waals surface area contributed by atoms with E-state index >= 15 is 0 Å². The number of hydrogen-bond donors (Lipinski definition) is 1. The van der Waals surface area contributed by atoms with Gasteiger partial charge in [0.1, 0.15) is 5.01 Å². The van der Waals surface area contributed by atoms with Crippen LogP contribution >= 0.6 is 34.5 Å². The van der Waals surface area contributed by atoms with Gasteiger partial charge in [-0.2, -0.15) is 0 Å². The summed E-state index contributed by atoms with van der Waals surface area (Å²) >= 11 is 13.7. The fourth-order valence-corrected chi connectivity index (χ4v) is 5.39. The second kappa shape index (κ2) is 10.3. The quantitative estimate of drug-likeness (QED) is 0.305. The maximum absolute atomic E-state index is 12.7. The first-order valence-corrected chi connectivity index (χ1v) is 13.8. The summed E-state index contributed by atoms with van der Waals surface area (Å²) in [5.74, 6) is -0.386. The first-order valence-electron chi connectivity index (χ1n) is 10.3. The Balaban J connectivity index is 1.51. The standard InChI is InChI=1S/C24H20Cl2N4O3S2/c1-15-6-8-17(9-7-15)23-28-29-24(34-23)27-22(31)16-10-12-18(13-11-16)30(35(2,32)33)14-19-20(25)4-3-5-21(19)26/h3-13H,14H2,1-2H3,(H,27,29,31). The number of sulfonamides is 1. The van der Waals surface area contributed by atoms with E-state index < -0.39 is 10.0 Å². The lowest BCUT2D eigenvalue weighted by Gasteiger charge is -2.23. The van der Waals surface area contributed by atoms with Crippen LogP contribution in [0.25, 0.3) is 10.6 Å². The van der Waals surface area contributed by atoms with Crippen molar-refractivity contribution in [2.75, 3.05) is 15.9 Å². The molecule has 1 amide bonds. The Morgan fingerprint density at radius 1 is 0.971 bits per heavy atom. The van der Waals surface area contributed by atoms with Crippen molar-refractivity contribution >= 4 is 61.3 Å². The van der Waals surface area contributed by atoms with Gasteiger partial charge in [0.05, 0.1) is 18.5 Å². The van der Waals surface area contributed by atoms with E-state index in [9.17, 15) is 13.2 Å². The summed E-state index contributed by atoms with van der Waals surface area (Å²) in [4.78, 5) is 12.7. The normalized spacial score (nSPS) is 11.3. The molecule has 7 nitrogen and oxygen atoms in total. The number of carbonyl (C=O) groups is 1. The molecule has 0 saturated heterocycles. The largest absolute Gasteiger partial charge is 0.296 e. The van der Waals surface area contributed by atoms with E-state index in [1.807, 2.05) is 31.2 Å². The van der Waals surface area contributed by atoms with Crippen LogP contribution in [0.4, 0.5) is 10.8 Å². The third kappa shape index (κ3) is 5.99. The first-order chi connectivity index (χ1) is 16.6. The molecule has 0 radical (unpaired) electrons. The molecule has 1 aromatic heterocycles. The number of nitrogens with one attached hydrogen (secondary N) is 1. The number of carbonyl (C=O) groups excluding carboxylic acids is 1. The third-order valence-electron chi connectivity index (χ3n) is 5.13. The number of halogens is 2. The number of anilines is 2. The zero-order valence-electron chi connectivity index (χ0n) is 18.7. The van der Waals surface area contributed by atoms with Gasteiger partial charge in [-0.1, -0.05) is 70.4 Å². The van der Waals surface area contributed by atoms with Gasteiger partial charge in [0, 0.05) is 26.7 Å². The predicted molar refractivity (Wildman–Crippen MR) is 142 cm³/mol. The van der Waals surface area contributed by atoms with E-state index in [0.29, 0.717) is 37.0 Å². The smallest absolute Gasteiger partial charge is 0.257 e. The lowest BCUT2D eigenvalue weighted by Crippen LogP contribution is -2.29. The number of aromatic nitrogens is 2. The van der Waals surface area contributed by atoms with Gasteiger partial charge >= 0.3 is 0 Å². The van der Waals surface area contributed by atoms with Crippen LogP contribution in [0.1, 0.15) is 21.5 Å². The van der Waals surface area contributed by atoms with Gasteiger partial charge in [-0.25, -0.2) is 8.42 Å². The Bertz CT molecular complexity index is 1450. The van der Waals surface area contributed by atoms with Crippen molar-refractivity contribution in [1.29, 1.82) is 0 Å². The van der Waals surface area contributed by atoms with Crippen molar-refractivity contribution in [3.63, 3.8) is 0 Å². The summed E-state index contributed by atoms with van der Waals surface area (Å²) in [6, 6.07) is 19.0. The first kappa shape index (κ1) is 25.1. The molecule has 0 bridgehead atoms. The minimum absolute atomic E-state index is 0.0462. The second-order valence-electron chi connectivity index (χ2n) is 7.75. The molecule has 4 aromatic rings. The van der Waals surface area contributed by atoms with Gasteiger partial charge in [0.25, 0.3) is 5.91 Å². The number of rotatable bonds is 7. The topological polar surface area (TPSA) is 92.3 Å². The molecule has 0 atom stereocenters. The van der Waals surface area contributed by atoms with Gasteiger partial charge in [0.15, 0.2) is 0 Å². The van der Waals surface area contributed by atoms with Crippen LogP contribution in [-0.4, -0.2) is 30.8 Å². The summed E-state index contributed by atoms with van der Waals surface area (Å²) in [7, 11) is -3.66. The van der Waals surface area contributed by atoms with Crippen LogP contribution in [0.5, 0.6) is 0 Å². The number of benzene rings is 3. The van der Waals surface area contributed by atoms with Crippen molar-refractivity contribution in [3.05, 3.63) is 93.5 Å². The average molecular weight is 547 g/mol. The fraction of sp³-hybridized carbons (Fsp3) is 0.125. The lowest BCUT2D eigenvalue weighted by atomic mass is 10.1. The molecule has 0 aliphatic rings. The molecule has 0 aliphatic heterocycles. The zero-order chi connectivity index (χ0) is 25.2. The monoisotopic (exact) mass is 546 g/mol. The Morgan fingerprint density at radius 3 is 2.20 bits per heavy atom. The van der Waals surface area contributed by atoms with E-state index in [-0.39, 0.29) is 12.5 Å².